The maximum absolute atomic E-state index is 15.4. The van der Waals surface area contributed by atoms with Crippen molar-refractivity contribution in [2.45, 2.75) is 43.8 Å². The van der Waals surface area contributed by atoms with Crippen LogP contribution in [0.25, 0.3) is 0 Å². The number of rotatable bonds is 7. The van der Waals surface area contributed by atoms with Crippen LogP contribution in [0.5, 0.6) is 0 Å². The number of hydrogen-bond acceptors (Lipinski definition) is 0. The summed E-state index contributed by atoms with van der Waals surface area (Å²) in [5.74, 6) is -69.3. The fourth-order valence-corrected chi connectivity index (χ4v) is 8.39. The highest BCUT2D eigenvalue weighted by atomic mass is 32.2. The lowest BCUT2D eigenvalue weighted by Gasteiger charge is -2.44. The Morgan fingerprint density at radius 1 is 0.361 bits per heavy atom. The Balaban J connectivity index is 0.000000366. The highest BCUT2D eigenvalue weighted by molar-refractivity contribution is 7.94. The van der Waals surface area contributed by atoms with Crippen molar-refractivity contribution in [1.29, 1.82) is 0 Å². The molecule has 0 bridgehead atoms. The second-order valence-corrected chi connectivity index (χ2v) is 16.3. The third kappa shape index (κ3) is 7.81. The van der Waals surface area contributed by atoms with Gasteiger partial charge >= 0.3 is 0 Å². The van der Waals surface area contributed by atoms with Crippen molar-refractivity contribution in [3.63, 3.8) is 0 Å². The monoisotopic (exact) mass is 914 g/mol. The summed E-state index contributed by atoms with van der Waals surface area (Å²) in [7, 11) is 0.522. The predicted molar refractivity (Wildman–Crippen MR) is 184 cm³/mol. The van der Waals surface area contributed by atoms with Crippen molar-refractivity contribution >= 4 is 38.9 Å². The van der Waals surface area contributed by atoms with E-state index in [1.54, 1.807) is 5.56 Å². The van der Waals surface area contributed by atoms with Crippen molar-refractivity contribution in [3.05, 3.63) is 152 Å². The van der Waals surface area contributed by atoms with Crippen LogP contribution in [-0.2, 0) is 16.6 Å². The maximum atomic E-state index is 15.4. The van der Waals surface area contributed by atoms with Gasteiger partial charge in [-0.15, -0.1) is 21.9 Å². The van der Waals surface area contributed by atoms with E-state index in [4.69, 9.17) is 0 Å². The molecule has 0 aromatic heterocycles. The minimum atomic E-state index is -7.22. The molecule has 0 heterocycles. The van der Waals surface area contributed by atoms with E-state index in [2.05, 4.69) is 36.8 Å². The molecule has 1 aliphatic carbocycles. The predicted octanol–water partition coefficient (Wildman–Crippen LogP) is 9.96. The van der Waals surface area contributed by atoms with Gasteiger partial charge in [-0.25, -0.2) is 87.8 Å². The Kier molecular flexibility index (Phi) is 13.8. The van der Waals surface area contributed by atoms with Crippen molar-refractivity contribution in [2.75, 3.05) is 12.5 Å². The standard InChI is InChI=1S/C24BF20.C15H23S/c26-5-1(6(27)14(35)21(42)13(5)34)25(2-7(28)15(36)22(43)16(37)8(2)29,3-9(30)17(38)23(44)18(39)10(3)31)4-11(32)19(40)24(45)20(41)12(4)33;1-16(2)12-13-8-10-15(11-9-13)14-6-4-3-5-7-14/h;8-11,14H,3-7,12H2,1-2H3/q-1;+1. The smallest absolute Gasteiger partial charge is 0.200 e. The molecule has 1 fully saturated rings. The Morgan fingerprint density at radius 3 is 0.820 bits per heavy atom. The summed E-state index contributed by atoms with van der Waals surface area (Å²) in [5, 5.41) is 0. The zero-order chi connectivity index (χ0) is 45.7. The summed E-state index contributed by atoms with van der Waals surface area (Å²) in [5.41, 5.74) is -11.2. The minimum Gasteiger partial charge on any atom is -0.207 e. The van der Waals surface area contributed by atoms with Crippen LogP contribution in [0, 0.1) is 116 Å². The lowest BCUT2D eigenvalue weighted by molar-refractivity contribution is 0.378. The molecule has 0 radical (unpaired) electrons. The van der Waals surface area contributed by atoms with Crippen molar-refractivity contribution in [2.24, 2.45) is 0 Å². The van der Waals surface area contributed by atoms with Crippen LogP contribution in [0.4, 0.5) is 87.8 Å². The van der Waals surface area contributed by atoms with Gasteiger partial charge in [-0.05, 0) is 35.2 Å². The molecular formula is C39H23BF20S. The SMILES string of the molecule is C[S+](C)Cc1ccc(C2CCCCC2)cc1.Fc1c(F)c(F)c([B-](c2c(F)c(F)c(F)c(F)c2F)(c2c(F)c(F)c(F)c(F)c2F)c2c(F)c(F)c(F)c(F)c2F)c(F)c1F. The van der Waals surface area contributed by atoms with Gasteiger partial charge in [-0.2, -0.15) is 0 Å². The van der Waals surface area contributed by atoms with Gasteiger partial charge in [0.2, 0.25) is 0 Å². The molecule has 61 heavy (non-hydrogen) atoms. The molecule has 0 aliphatic heterocycles. The van der Waals surface area contributed by atoms with Crippen molar-refractivity contribution < 1.29 is 87.8 Å². The first-order valence-electron chi connectivity index (χ1n) is 17.3. The lowest BCUT2D eigenvalue weighted by Crippen LogP contribution is -2.81. The van der Waals surface area contributed by atoms with Gasteiger partial charge in [-0.3, -0.25) is 0 Å². The molecule has 0 atom stereocenters. The molecule has 0 saturated heterocycles. The second kappa shape index (κ2) is 17.8. The van der Waals surface area contributed by atoms with Gasteiger partial charge in [-0.1, -0.05) is 43.5 Å². The van der Waals surface area contributed by atoms with Crippen LogP contribution in [-0.4, -0.2) is 18.7 Å². The first kappa shape index (κ1) is 47.2. The molecular weight excluding hydrogens is 891 g/mol. The van der Waals surface area contributed by atoms with Gasteiger partial charge in [0.05, 0.1) is 12.5 Å². The quantitative estimate of drug-likeness (QED) is 0.0502. The first-order valence-corrected chi connectivity index (χ1v) is 19.5. The van der Waals surface area contributed by atoms with E-state index >= 15 is 35.1 Å². The average Bonchev–Trinajstić information content (AvgIpc) is 3.24. The van der Waals surface area contributed by atoms with Crippen LogP contribution >= 0.6 is 0 Å². The zero-order valence-electron chi connectivity index (χ0n) is 30.7. The van der Waals surface area contributed by atoms with E-state index in [9.17, 15) is 52.7 Å². The number of halogens is 20. The van der Waals surface area contributed by atoms with Gasteiger partial charge < -0.3 is 0 Å². The van der Waals surface area contributed by atoms with Crippen LogP contribution in [0.1, 0.15) is 49.1 Å². The third-order valence-electron chi connectivity index (χ3n) is 10.2. The number of benzene rings is 5. The molecule has 0 amide bonds. The molecule has 0 N–H and O–H groups in total. The molecule has 5 aromatic carbocycles. The molecule has 1 saturated carbocycles. The topological polar surface area (TPSA) is 0 Å². The van der Waals surface area contributed by atoms with E-state index in [-0.39, 0.29) is 0 Å². The highest BCUT2D eigenvalue weighted by Gasteiger charge is 2.52. The van der Waals surface area contributed by atoms with Crippen molar-refractivity contribution in [3.8, 4) is 0 Å². The molecule has 6 rings (SSSR count). The van der Waals surface area contributed by atoms with Crippen LogP contribution in [0.2, 0.25) is 0 Å². The summed E-state index contributed by atoms with van der Waals surface area (Å²) in [4.78, 5) is 0. The normalized spacial score (nSPS) is 13.6. The first-order chi connectivity index (χ1) is 28.5. The second-order valence-electron chi connectivity index (χ2n) is 14.0. The highest BCUT2D eigenvalue weighted by Crippen LogP contribution is 2.33. The third-order valence-corrected chi connectivity index (χ3v) is 11.1. The Labute approximate surface area is 334 Å². The Bertz CT molecular complexity index is 2140. The minimum absolute atomic E-state index is 0.522. The molecule has 328 valence electrons. The zero-order valence-corrected chi connectivity index (χ0v) is 31.5. The molecule has 5 aromatic rings. The summed E-state index contributed by atoms with van der Waals surface area (Å²) in [6.45, 7) is 0. The average molecular weight is 914 g/mol. The van der Waals surface area contributed by atoms with E-state index in [1.165, 1.54) is 43.4 Å². The summed E-state index contributed by atoms with van der Waals surface area (Å²) in [6, 6.07) is 9.43. The summed E-state index contributed by atoms with van der Waals surface area (Å²) in [6.07, 6.45) is 4.54. The van der Waals surface area contributed by atoms with Gasteiger partial charge in [0.15, 0.2) is 69.8 Å². The summed E-state index contributed by atoms with van der Waals surface area (Å²) < 4.78 is 294. The maximum Gasteiger partial charge on any atom is 0.200 e. The number of hydrogen-bond donors (Lipinski definition) is 0. The largest absolute Gasteiger partial charge is 0.207 e. The van der Waals surface area contributed by atoms with Crippen LogP contribution < -0.4 is 21.9 Å². The fourth-order valence-electron chi connectivity index (χ4n) is 7.53. The van der Waals surface area contributed by atoms with Crippen molar-refractivity contribution in [1.82, 2.24) is 0 Å². The van der Waals surface area contributed by atoms with Crippen LogP contribution in [0.3, 0.4) is 0 Å². The van der Waals surface area contributed by atoms with Gasteiger partial charge in [0, 0.05) is 5.56 Å². The van der Waals surface area contributed by atoms with E-state index in [0.29, 0.717) is 10.9 Å². The van der Waals surface area contributed by atoms with Gasteiger partial charge in [0.1, 0.15) is 58.4 Å². The molecule has 0 spiro atoms. The Morgan fingerprint density at radius 2 is 0.590 bits per heavy atom. The Hall–Kier alpha value is -4.89. The molecule has 0 nitrogen and oxygen atoms in total. The van der Waals surface area contributed by atoms with Gasteiger partial charge in [0.25, 0.3) is 0 Å². The van der Waals surface area contributed by atoms with E-state index in [0.717, 1.165) is 5.92 Å². The molecule has 22 heteroatoms. The van der Waals surface area contributed by atoms with Crippen LogP contribution in [0.15, 0.2) is 24.3 Å². The lowest BCUT2D eigenvalue weighted by atomic mass is 9.12. The molecule has 1 aliphatic rings. The van der Waals surface area contributed by atoms with E-state index in [1.807, 2.05) is 0 Å². The summed E-state index contributed by atoms with van der Waals surface area (Å²) >= 11 is 0. The fraction of sp³-hybridized carbons (Fsp3) is 0.231. The van der Waals surface area contributed by atoms with E-state index < -0.39 is 144 Å². The molecule has 0 unspecified atom stereocenters.